The van der Waals surface area contributed by atoms with Crippen LogP contribution < -0.4 is 0 Å². The van der Waals surface area contributed by atoms with Crippen molar-refractivity contribution in [2.75, 3.05) is 5.33 Å². The van der Waals surface area contributed by atoms with Crippen LogP contribution in [-0.4, -0.2) is 27.5 Å². The molecule has 0 spiro atoms. The van der Waals surface area contributed by atoms with Crippen LogP contribution in [0.25, 0.3) is 0 Å². The number of hydrogen-bond donors (Lipinski definition) is 2. The lowest BCUT2D eigenvalue weighted by molar-refractivity contribution is -0.00679. The van der Waals surface area contributed by atoms with Crippen molar-refractivity contribution >= 4 is 27.9 Å². The second kappa shape index (κ2) is 7.74. The molecule has 0 fully saturated rings. The molecule has 0 aliphatic heterocycles. The molecule has 0 heterocycles. The van der Waals surface area contributed by atoms with Gasteiger partial charge in [-0.1, -0.05) is 40.2 Å². The molecule has 0 bridgehead atoms. The van der Waals surface area contributed by atoms with Crippen LogP contribution in [0.4, 0.5) is 8.78 Å². The van der Waals surface area contributed by atoms with Gasteiger partial charge in [0, 0.05) is 17.3 Å². The van der Waals surface area contributed by atoms with Crippen molar-refractivity contribution in [1.29, 1.82) is 0 Å². The number of benzene rings is 2. The van der Waals surface area contributed by atoms with Crippen molar-refractivity contribution in [3.63, 3.8) is 0 Å². The summed E-state index contributed by atoms with van der Waals surface area (Å²) in [6.45, 7) is 0. The standard InChI is InChI=1S/C18H15BrF2O4/c19-7-6-18(20,21)14-3-1-2-11(9-14)8-12-4-5-13(16(22)23)10-15(12)17(24)25/h1-5,9-10H,6-8H2,(H,22,23)(H,24,25). The van der Waals surface area contributed by atoms with Gasteiger partial charge in [0.15, 0.2) is 0 Å². The van der Waals surface area contributed by atoms with E-state index in [1.807, 2.05) is 0 Å². The van der Waals surface area contributed by atoms with Gasteiger partial charge < -0.3 is 10.2 Å². The summed E-state index contributed by atoms with van der Waals surface area (Å²) in [6, 6.07) is 9.58. The van der Waals surface area contributed by atoms with Crippen LogP contribution in [0.2, 0.25) is 0 Å². The average Bonchev–Trinajstić information content (AvgIpc) is 2.55. The van der Waals surface area contributed by atoms with E-state index in [-0.39, 0.29) is 34.9 Å². The predicted octanol–water partition coefficient (Wildman–Crippen LogP) is 4.55. The number of carbonyl (C=O) groups is 2. The summed E-state index contributed by atoms with van der Waals surface area (Å²) in [7, 11) is 0. The van der Waals surface area contributed by atoms with E-state index in [4.69, 9.17) is 5.11 Å². The predicted molar refractivity (Wildman–Crippen MR) is 91.9 cm³/mol. The summed E-state index contributed by atoms with van der Waals surface area (Å²) in [5.74, 6) is -5.48. The second-order valence-electron chi connectivity index (χ2n) is 5.50. The first-order valence-corrected chi connectivity index (χ1v) is 8.49. The molecule has 0 amide bonds. The summed E-state index contributed by atoms with van der Waals surface area (Å²) in [6.07, 6.45) is -0.232. The van der Waals surface area contributed by atoms with Crippen LogP contribution in [0.15, 0.2) is 42.5 Å². The molecule has 0 radical (unpaired) electrons. The van der Waals surface area contributed by atoms with Crippen LogP contribution in [0, 0.1) is 0 Å². The lowest BCUT2D eigenvalue weighted by atomic mass is 9.95. The van der Waals surface area contributed by atoms with Gasteiger partial charge in [0.1, 0.15) is 0 Å². The number of aromatic carboxylic acids is 2. The highest BCUT2D eigenvalue weighted by molar-refractivity contribution is 9.09. The van der Waals surface area contributed by atoms with Crippen LogP contribution in [0.3, 0.4) is 0 Å². The highest BCUT2D eigenvalue weighted by atomic mass is 79.9. The second-order valence-corrected chi connectivity index (χ2v) is 6.30. The molecule has 0 aliphatic carbocycles. The van der Waals surface area contributed by atoms with Gasteiger partial charge in [-0.3, -0.25) is 0 Å². The first-order chi connectivity index (χ1) is 11.7. The number of carboxylic acids is 2. The molecule has 0 saturated heterocycles. The quantitative estimate of drug-likeness (QED) is 0.654. The maximum absolute atomic E-state index is 14.0. The molecule has 0 unspecified atom stereocenters. The molecule has 2 aromatic rings. The Hall–Kier alpha value is -2.28. The Bertz CT molecular complexity index is 805. The molecule has 25 heavy (non-hydrogen) atoms. The van der Waals surface area contributed by atoms with Gasteiger partial charge in [-0.25, -0.2) is 18.4 Å². The molecule has 7 heteroatoms. The lowest BCUT2D eigenvalue weighted by Crippen LogP contribution is -2.14. The van der Waals surface area contributed by atoms with Crippen molar-refractivity contribution < 1.29 is 28.6 Å². The Morgan fingerprint density at radius 1 is 1.04 bits per heavy atom. The van der Waals surface area contributed by atoms with Crippen LogP contribution in [0.5, 0.6) is 0 Å². The Morgan fingerprint density at radius 3 is 2.36 bits per heavy atom. The molecule has 0 aliphatic rings. The van der Waals surface area contributed by atoms with E-state index >= 15 is 0 Å². The Labute approximate surface area is 151 Å². The van der Waals surface area contributed by atoms with Gasteiger partial charge in [-0.15, -0.1) is 0 Å². The van der Waals surface area contributed by atoms with E-state index in [0.717, 1.165) is 6.07 Å². The maximum atomic E-state index is 14.0. The third kappa shape index (κ3) is 4.63. The third-order valence-electron chi connectivity index (χ3n) is 3.74. The van der Waals surface area contributed by atoms with Crippen LogP contribution in [0.1, 0.15) is 43.8 Å². The number of carboxylic acid groups (broad SMARTS) is 2. The van der Waals surface area contributed by atoms with Gasteiger partial charge in [0.25, 0.3) is 5.92 Å². The molecular weight excluding hydrogens is 398 g/mol. The minimum atomic E-state index is -2.98. The van der Waals surface area contributed by atoms with Crippen molar-refractivity contribution in [1.82, 2.24) is 0 Å². The number of rotatable bonds is 7. The summed E-state index contributed by atoms with van der Waals surface area (Å²) in [5.41, 5.74) is 0.454. The molecule has 2 rings (SSSR count). The fourth-order valence-corrected chi connectivity index (χ4v) is 2.95. The zero-order valence-corrected chi connectivity index (χ0v) is 14.6. The number of halogens is 3. The maximum Gasteiger partial charge on any atom is 0.336 e. The zero-order valence-electron chi connectivity index (χ0n) is 13.0. The number of hydrogen-bond acceptors (Lipinski definition) is 2. The minimum absolute atomic E-state index is 0.111. The van der Waals surface area contributed by atoms with E-state index in [1.54, 1.807) is 6.07 Å². The van der Waals surface area contributed by atoms with Gasteiger partial charge in [0.05, 0.1) is 11.1 Å². The van der Waals surface area contributed by atoms with Crippen LogP contribution >= 0.6 is 15.9 Å². The fraction of sp³-hybridized carbons (Fsp3) is 0.222. The molecule has 0 saturated carbocycles. The molecule has 2 N–H and O–H groups in total. The first-order valence-electron chi connectivity index (χ1n) is 7.37. The molecule has 2 aromatic carbocycles. The number of alkyl halides is 3. The Kier molecular flexibility index (Phi) is 5.89. The topological polar surface area (TPSA) is 74.6 Å². The molecule has 4 nitrogen and oxygen atoms in total. The van der Waals surface area contributed by atoms with Gasteiger partial charge in [-0.05, 0) is 35.7 Å². The summed E-state index contributed by atoms with van der Waals surface area (Å²) in [4.78, 5) is 22.4. The Morgan fingerprint density at radius 2 is 1.76 bits per heavy atom. The lowest BCUT2D eigenvalue weighted by Gasteiger charge is -2.16. The van der Waals surface area contributed by atoms with Gasteiger partial charge in [0.2, 0.25) is 0 Å². The largest absolute Gasteiger partial charge is 0.478 e. The van der Waals surface area contributed by atoms with Crippen molar-refractivity contribution in [3.8, 4) is 0 Å². The molecule has 132 valence electrons. The molecule has 0 atom stereocenters. The molecule has 0 aromatic heterocycles. The SMILES string of the molecule is O=C(O)c1ccc(Cc2cccc(C(F)(F)CCBr)c2)c(C(=O)O)c1. The first kappa shape index (κ1) is 19.1. The van der Waals surface area contributed by atoms with Gasteiger partial charge >= 0.3 is 11.9 Å². The van der Waals surface area contributed by atoms with E-state index in [2.05, 4.69) is 15.9 Å². The highest BCUT2D eigenvalue weighted by Gasteiger charge is 2.30. The van der Waals surface area contributed by atoms with E-state index in [9.17, 15) is 23.5 Å². The van der Waals surface area contributed by atoms with Crippen molar-refractivity contribution in [2.45, 2.75) is 18.8 Å². The average molecular weight is 413 g/mol. The van der Waals surface area contributed by atoms with Crippen molar-refractivity contribution in [2.24, 2.45) is 0 Å². The molecular formula is C18H15BrF2O4. The monoisotopic (exact) mass is 412 g/mol. The normalized spacial score (nSPS) is 11.3. The van der Waals surface area contributed by atoms with E-state index in [0.29, 0.717) is 11.1 Å². The zero-order chi connectivity index (χ0) is 18.6. The van der Waals surface area contributed by atoms with E-state index in [1.165, 1.54) is 30.3 Å². The minimum Gasteiger partial charge on any atom is -0.478 e. The van der Waals surface area contributed by atoms with E-state index < -0.39 is 17.9 Å². The van der Waals surface area contributed by atoms with Gasteiger partial charge in [-0.2, -0.15) is 0 Å². The summed E-state index contributed by atoms with van der Waals surface area (Å²) in [5, 5.41) is 18.4. The third-order valence-corrected chi connectivity index (χ3v) is 4.14. The summed E-state index contributed by atoms with van der Waals surface area (Å²) < 4.78 is 28.1. The summed E-state index contributed by atoms with van der Waals surface area (Å²) >= 11 is 3.01. The smallest absolute Gasteiger partial charge is 0.336 e. The highest BCUT2D eigenvalue weighted by Crippen LogP contribution is 2.33. The van der Waals surface area contributed by atoms with Crippen LogP contribution in [-0.2, 0) is 12.3 Å². The fourth-order valence-electron chi connectivity index (χ4n) is 2.45. The van der Waals surface area contributed by atoms with Crippen molar-refractivity contribution in [3.05, 3.63) is 70.3 Å². The Balaban J connectivity index is 2.37.